The smallest absolute Gasteiger partial charge is 0.386 e. The number of anilines is 1. The quantitative estimate of drug-likeness (QED) is 0.171. The molecule has 0 amide bonds. The molecule has 10 atom stereocenters. The first-order valence-electron chi connectivity index (χ1n) is 14.5. The molecule has 4 aromatic heterocycles. The van der Waals surface area contributed by atoms with E-state index in [-0.39, 0.29) is 34.0 Å². The highest BCUT2D eigenvalue weighted by molar-refractivity contribution is 7.47. The molecule has 3 aliphatic rings. The van der Waals surface area contributed by atoms with Gasteiger partial charge in [0.05, 0.1) is 32.0 Å². The number of nitrogens with two attached hydrogens (primary N) is 1. The number of aromatic amines is 1. The van der Waals surface area contributed by atoms with E-state index in [0.717, 1.165) is 0 Å². The average molecular weight is 716 g/mol. The second-order valence-corrected chi connectivity index (χ2v) is 14.3. The summed E-state index contributed by atoms with van der Waals surface area (Å²) in [5.41, 5.74) is 5.86. The van der Waals surface area contributed by atoms with Gasteiger partial charge in [0.25, 0.3) is 5.56 Å². The average Bonchev–Trinajstić information content (AvgIpc) is 3.76. The zero-order valence-corrected chi connectivity index (χ0v) is 27.2. The predicted octanol–water partition coefficient (Wildman–Crippen LogP) is -0.183. The van der Waals surface area contributed by atoms with Gasteiger partial charge in [-0.1, -0.05) is 0 Å². The topological polar surface area (TPSA) is 293 Å². The van der Waals surface area contributed by atoms with Gasteiger partial charge in [0.1, 0.15) is 54.3 Å². The highest BCUT2D eigenvalue weighted by Crippen LogP contribution is 2.54. The van der Waals surface area contributed by atoms with Crippen molar-refractivity contribution >= 4 is 43.8 Å². The molecular weight excluding hydrogens is 684 g/mol. The molecule has 0 bridgehead atoms. The zero-order chi connectivity index (χ0) is 34.1. The standard InChI is InChI=1S/C24H31N9O13P2/c1-9(2)42-18-17-12(44-24(18)32-7-28-13-19(25)26-6-27-20(13)32)5-41-47(36,37)45-16-11(4-40-48(38,39)46-17)43-23(15(16)34)33-8-29-14-21(33)30-10(3)31-22(14)35/h6-9,11-12,15-18,23-24,34H,4-5H2,1-3H3,(H,36,37)(H,38,39)(H2,25,26,27)(H,30,31,35)/t11-,12-,15-,16-,17-,18-,23-,24-/m1/s1. The molecule has 0 spiro atoms. The Morgan fingerprint density at radius 2 is 1.54 bits per heavy atom. The van der Waals surface area contributed by atoms with Gasteiger partial charge in [-0.25, -0.2) is 34.0 Å². The van der Waals surface area contributed by atoms with Gasteiger partial charge in [0, 0.05) is 0 Å². The lowest BCUT2D eigenvalue weighted by Crippen LogP contribution is -2.40. The number of H-pyrrole nitrogens is 1. The van der Waals surface area contributed by atoms with E-state index in [2.05, 4.69) is 29.9 Å². The molecule has 0 aliphatic carbocycles. The summed E-state index contributed by atoms with van der Waals surface area (Å²) in [5.74, 6) is 0.335. The molecule has 7 heterocycles. The summed E-state index contributed by atoms with van der Waals surface area (Å²) >= 11 is 0. The first-order valence-corrected chi connectivity index (χ1v) is 17.5. The Labute approximate surface area is 269 Å². The number of nitrogens with zero attached hydrogens (tertiary/aromatic N) is 7. The van der Waals surface area contributed by atoms with Crippen LogP contribution in [-0.2, 0) is 41.4 Å². The summed E-state index contributed by atoms with van der Waals surface area (Å²) < 4.78 is 69.1. The van der Waals surface area contributed by atoms with Gasteiger partial charge in [-0.05, 0) is 20.8 Å². The van der Waals surface area contributed by atoms with Gasteiger partial charge in [0.2, 0.25) is 0 Å². The fourth-order valence-electron chi connectivity index (χ4n) is 5.85. The summed E-state index contributed by atoms with van der Waals surface area (Å²) in [5, 5.41) is 11.2. The Balaban J connectivity index is 1.20. The van der Waals surface area contributed by atoms with E-state index in [1.165, 1.54) is 35.0 Å². The normalized spacial score (nSPS) is 36.2. The molecule has 3 saturated heterocycles. The van der Waals surface area contributed by atoms with Crippen molar-refractivity contribution in [2.24, 2.45) is 0 Å². The third kappa shape index (κ3) is 6.08. The fourth-order valence-corrected chi connectivity index (χ4v) is 7.77. The van der Waals surface area contributed by atoms with Gasteiger partial charge in [0.15, 0.2) is 35.1 Å². The molecule has 0 aromatic carbocycles. The van der Waals surface area contributed by atoms with Crippen molar-refractivity contribution in [1.82, 2.24) is 39.0 Å². The van der Waals surface area contributed by atoms with Crippen LogP contribution in [0.1, 0.15) is 32.1 Å². The van der Waals surface area contributed by atoms with Crippen LogP contribution in [0.15, 0.2) is 23.8 Å². The predicted molar refractivity (Wildman–Crippen MR) is 158 cm³/mol. The number of nitrogens with one attached hydrogen (secondary N) is 1. The van der Waals surface area contributed by atoms with Crippen LogP contribution >= 0.6 is 15.6 Å². The fraction of sp³-hybridized carbons (Fsp3) is 0.583. The van der Waals surface area contributed by atoms with E-state index >= 15 is 0 Å². The SMILES string of the molecule is Cc1nc2c(ncn2[C@@H]2O[C@@H]3COP(=O)(O)O[C@H]4[C@@H](OC(C)C)[C@H](n5cnc6c(N)ncnc65)O[C@@H]4COP(=O)(O)O[C@H]3[C@H]2O)c(=O)[nH]1. The van der Waals surface area contributed by atoms with Crippen LogP contribution in [0.3, 0.4) is 0 Å². The van der Waals surface area contributed by atoms with E-state index in [1.54, 1.807) is 13.8 Å². The first-order chi connectivity index (χ1) is 22.7. The van der Waals surface area contributed by atoms with Crippen LogP contribution in [0.5, 0.6) is 0 Å². The maximum atomic E-state index is 13.4. The minimum Gasteiger partial charge on any atom is -0.386 e. The van der Waals surface area contributed by atoms with E-state index in [4.69, 9.17) is 38.0 Å². The van der Waals surface area contributed by atoms with Crippen molar-refractivity contribution in [3.05, 3.63) is 35.2 Å². The second-order valence-electron chi connectivity index (χ2n) is 11.5. The van der Waals surface area contributed by atoms with E-state index in [0.29, 0.717) is 0 Å². The summed E-state index contributed by atoms with van der Waals surface area (Å²) in [6, 6.07) is 0. The number of fused-ring (bicyclic) bond motifs is 4. The van der Waals surface area contributed by atoms with Gasteiger partial charge in [-0.15, -0.1) is 0 Å². The van der Waals surface area contributed by atoms with Crippen molar-refractivity contribution < 1.29 is 56.3 Å². The molecule has 22 nitrogen and oxygen atoms in total. The number of hydrogen-bond donors (Lipinski definition) is 5. The monoisotopic (exact) mass is 715 g/mol. The molecule has 6 N–H and O–H groups in total. The Hall–Kier alpha value is -3.24. The largest absolute Gasteiger partial charge is 0.472 e. The van der Waals surface area contributed by atoms with Crippen LogP contribution in [-0.4, -0.2) is 110 Å². The highest BCUT2D eigenvalue weighted by Gasteiger charge is 2.55. The summed E-state index contributed by atoms with van der Waals surface area (Å²) in [6.45, 7) is 3.47. The van der Waals surface area contributed by atoms with Crippen LogP contribution in [0.25, 0.3) is 22.3 Å². The lowest BCUT2D eigenvalue weighted by Gasteiger charge is -2.29. The third-order valence-electron chi connectivity index (χ3n) is 7.82. The molecule has 48 heavy (non-hydrogen) atoms. The molecule has 0 saturated carbocycles. The van der Waals surface area contributed by atoms with E-state index in [9.17, 15) is 28.8 Å². The number of imidazole rings is 2. The molecule has 7 rings (SSSR count). The molecule has 2 unspecified atom stereocenters. The lowest BCUT2D eigenvalue weighted by molar-refractivity contribution is -0.0901. The van der Waals surface area contributed by atoms with E-state index in [1.807, 2.05) is 0 Å². The molecule has 3 aliphatic heterocycles. The van der Waals surface area contributed by atoms with Gasteiger partial charge >= 0.3 is 15.6 Å². The molecule has 4 aromatic rings. The van der Waals surface area contributed by atoms with E-state index < -0.39 is 89.6 Å². The number of aromatic nitrogens is 8. The first kappa shape index (κ1) is 33.3. The molecular formula is C24H31N9O13P2. The number of rotatable bonds is 4. The maximum Gasteiger partial charge on any atom is 0.472 e. The number of hydrogen-bond acceptors (Lipinski definition) is 17. The van der Waals surface area contributed by atoms with Crippen molar-refractivity contribution in [3.8, 4) is 0 Å². The van der Waals surface area contributed by atoms with Crippen LogP contribution in [0, 0.1) is 6.92 Å². The second kappa shape index (κ2) is 12.3. The highest BCUT2D eigenvalue weighted by atomic mass is 31.2. The minimum absolute atomic E-state index is 0.0358. The van der Waals surface area contributed by atoms with Crippen molar-refractivity contribution in [1.29, 1.82) is 0 Å². The third-order valence-corrected chi connectivity index (χ3v) is 9.79. The number of phosphoric acid groups is 2. The molecule has 24 heteroatoms. The number of ether oxygens (including phenoxy) is 3. The molecule has 3 fully saturated rings. The van der Waals surface area contributed by atoms with Crippen LogP contribution in [0.2, 0.25) is 0 Å². The van der Waals surface area contributed by atoms with Crippen LogP contribution < -0.4 is 11.3 Å². The number of nitrogen functional groups attached to an aromatic ring is 1. The summed E-state index contributed by atoms with van der Waals surface area (Å²) in [4.78, 5) is 57.2. The lowest BCUT2D eigenvalue weighted by atomic mass is 10.1. The number of phosphoric ester groups is 2. The van der Waals surface area contributed by atoms with Crippen molar-refractivity contribution in [2.45, 2.75) is 76.0 Å². The molecule has 0 radical (unpaired) electrons. The number of aliphatic hydroxyl groups is 1. The maximum absolute atomic E-state index is 13.4. The zero-order valence-electron chi connectivity index (χ0n) is 25.4. The Morgan fingerprint density at radius 3 is 2.23 bits per heavy atom. The summed E-state index contributed by atoms with van der Waals surface area (Å²) in [7, 11) is -10.0. The van der Waals surface area contributed by atoms with Crippen molar-refractivity contribution in [3.63, 3.8) is 0 Å². The van der Waals surface area contributed by atoms with Gasteiger partial charge in [-0.3, -0.25) is 32.0 Å². The Kier molecular flexibility index (Phi) is 8.50. The number of aryl methyl sites for hydroxylation is 1. The molecule has 260 valence electrons. The van der Waals surface area contributed by atoms with Gasteiger partial charge in [-0.2, -0.15) is 0 Å². The number of aliphatic hydroxyl groups excluding tert-OH is 1. The Bertz CT molecular complexity index is 2000. The van der Waals surface area contributed by atoms with Crippen LogP contribution in [0.4, 0.5) is 5.82 Å². The summed E-state index contributed by atoms with van der Waals surface area (Å²) in [6.07, 6.45) is -7.91. The van der Waals surface area contributed by atoms with Gasteiger partial charge < -0.3 is 39.8 Å². The van der Waals surface area contributed by atoms with Crippen molar-refractivity contribution in [2.75, 3.05) is 18.9 Å². The minimum atomic E-state index is -5.02. The Morgan fingerprint density at radius 1 is 0.938 bits per heavy atom.